The van der Waals surface area contributed by atoms with Crippen LogP contribution in [-0.4, -0.2) is 37.0 Å². The van der Waals surface area contributed by atoms with Crippen molar-refractivity contribution < 1.29 is 12.9 Å². The minimum absolute atomic E-state index is 0.0548. The number of hydrogen-bond acceptors (Lipinski definition) is 7. The number of aromatic nitrogens is 2. The fraction of sp³-hybridized carbons (Fsp3) is 0.333. The number of rotatable bonds is 5. The van der Waals surface area contributed by atoms with E-state index in [9.17, 15) is 8.42 Å². The van der Waals surface area contributed by atoms with E-state index in [4.69, 9.17) is 10.3 Å². The summed E-state index contributed by atoms with van der Waals surface area (Å²) in [6.45, 7) is 1.97. The van der Waals surface area contributed by atoms with E-state index in [2.05, 4.69) is 15.5 Å². The van der Waals surface area contributed by atoms with Crippen LogP contribution in [0.15, 0.2) is 27.6 Å². The van der Waals surface area contributed by atoms with Gasteiger partial charge in [0.05, 0.1) is 17.9 Å². The van der Waals surface area contributed by atoms with Gasteiger partial charge in [-0.3, -0.25) is 0 Å². The Morgan fingerprint density at radius 2 is 2.10 bits per heavy atom. The van der Waals surface area contributed by atoms with Crippen LogP contribution < -0.4 is 11.1 Å². The van der Waals surface area contributed by atoms with Crippen molar-refractivity contribution in [1.82, 2.24) is 14.4 Å². The van der Waals surface area contributed by atoms with E-state index in [1.165, 1.54) is 20.2 Å². The molecule has 9 heteroatoms. The van der Waals surface area contributed by atoms with E-state index in [1.54, 1.807) is 19.1 Å². The number of aryl methyl sites for hydroxylation is 1. The van der Waals surface area contributed by atoms with Gasteiger partial charge in [0.15, 0.2) is 5.82 Å². The Morgan fingerprint density at radius 3 is 2.67 bits per heavy atom. The van der Waals surface area contributed by atoms with Gasteiger partial charge in [0.25, 0.3) is 0 Å². The number of nitrogens with zero attached hydrogens (tertiary/aromatic N) is 3. The van der Waals surface area contributed by atoms with Crippen molar-refractivity contribution in [2.45, 2.75) is 18.4 Å². The van der Waals surface area contributed by atoms with Gasteiger partial charge in [-0.25, -0.2) is 12.7 Å². The molecule has 2 rings (SSSR count). The minimum Gasteiger partial charge on any atom is -0.396 e. The summed E-state index contributed by atoms with van der Waals surface area (Å²) in [5, 5.41) is 6.66. The highest BCUT2D eigenvalue weighted by atomic mass is 32.2. The maximum Gasteiger partial charge on any atom is 0.245 e. The molecule has 0 fully saturated rings. The molecule has 21 heavy (non-hydrogen) atoms. The molecule has 0 saturated carbocycles. The Hall–Kier alpha value is -2.13. The maximum absolute atomic E-state index is 12.2. The lowest BCUT2D eigenvalue weighted by atomic mass is 10.2. The second kappa shape index (κ2) is 5.70. The summed E-state index contributed by atoms with van der Waals surface area (Å²) in [4.78, 5) is 4.10. The molecule has 0 amide bonds. The topological polar surface area (TPSA) is 114 Å². The summed E-state index contributed by atoms with van der Waals surface area (Å²) in [5.41, 5.74) is 6.59. The predicted molar refractivity (Wildman–Crippen MR) is 78.1 cm³/mol. The van der Waals surface area contributed by atoms with Crippen LogP contribution in [0.25, 0.3) is 0 Å². The van der Waals surface area contributed by atoms with Gasteiger partial charge >= 0.3 is 0 Å². The molecule has 0 spiro atoms. The van der Waals surface area contributed by atoms with E-state index in [1.807, 2.05) is 0 Å². The minimum atomic E-state index is -3.59. The summed E-state index contributed by atoms with van der Waals surface area (Å²) >= 11 is 0. The Bertz CT molecular complexity index is 739. The average Bonchev–Trinajstić information content (AvgIpc) is 2.83. The lowest BCUT2D eigenvalue weighted by Gasteiger charge is -2.15. The molecule has 0 bridgehead atoms. The van der Waals surface area contributed by atoms with Gasteiger partial charge in [0, 0.05) is 14.1 Å². The molecule has 3 N–H and O–H groups in total. The number of para-hydroxylation sites is 1. The second-order valence-corrected chi connectivity index (χ2v) is 6.71. The van der Waals surface area contributed by atoms with Gasteiger partial charge in [0.1, 0.15) is 4.90 Å². The van der Waals surface area contributed by atoms with Crippen LogP contribution >= 0.6 is 0 Å². The van der Waals surface area contributed by atoms with Gasteiger partial charge in [-0.1, -0.05) is 11.2 Å². The van der Waals surface area contributed by atoms with E-state index >= 15 is 0 Å². The van der Waals surface area contributed by atoms with E-state index in [0.29, 0.717) is 17.4 Å². The van der Waals surface area contributed by atoms with Gasteiger partial charge in [-0.2, -0.15) is 4.98 Å². The SMILES string of the molecule is Cc1noc(CNc2cccc(S(=O)(=O)N(C)C)c2N)n1. The number of nitrogens with one attached hydrogen (secondary N) is 1. The molecule has 0 saturated heterocycles. The third-order valence-electron chi connectivity index (χ3n) is 2.82. The first-order chi connectivity index (χ1) is 9.82. The van der Waals surface area contributed by atoms with Crippen molar-refractivity contribution in [2.75, 3.05) is 25.1 Å². The molecule has 1 heterocycles. The van der Waals surface area contributed by atoms with Crippen LogP contribution in [0.3, 0.4) is 0 Å². The van der Waals surface area contributed by atoms with Gasteiger partial charge in [-0.15, -0.1) is 0 Å². The number of hydrogen-bond donors (Lipinski definition) is 2. The number of nitrogens with two attached hydrogens (primary N) is 1. The standard InChI is InChI=1S/C12H17N5O3S/c1-8-15-11(20-16-8)7-14-9-5-4-6-10(12(9)13)21(18,19)17(2)3/h4-6,14H,7,13H2,1-3H3. The number of anilines is 2. The molecule has 1 aromatic carbocycles. The molecule has 1 aromatic heterocycles. The largest absolute Gasteiger partial charge is 0.396 e. The number of nitrogen functional groups attached to an aromatic ring is 1. The van der Waals surface area contributed by atoms with Crippen molar-refractivity contribution in [1.29, 1.82) is 0 Å². The normalized spacial score (nSPS) is 11.8. The Morgan fingerprint density at radius 1 is 1.38 bits per heavy atom. The van der Waals surface area contributed by atoms with Crippen LogP contribution in [0.2, 0.25) is 0 Å². The first-order valence-corrected chi connectivity index (χ1v) is 7.60. The summed E-state index contributed by atoms with van der Waals surface area (Å²) in [6.07, 6.45) is 0. The fourth-order valence-corrected chi connectivity index (χ4v) is 2.73. The summed E-state index contributed by atoms with van der Waals surface area (Å²) in [5.74, 6) is 0.927. The first-order valence-electron chi connectivity index (χ1n) is 6.16. The lowest BCUT2D eigenvalue weighted by molar-refractivity contribution is 0.379. The molecule has 114 valence electrons. The molecular weight excluding hydrogens is 294 g/mol. The van der Waals surface area contributed by atoms with Crippen molar-refractivity contribution in [3.63, 3.8) is 0 Å². The molecule has 0 aliphatic carbocycles. The summed E-state index contributed by atoms with van der Waals surface area (Å²) in [6, 6.07) is 4.77. The molecule has 0 unspecified atom stereocenters. The van der Waals surface area contributed by atoms with Crippen molar-refractivity contribution >= 4 is 21.4 Å². The third kappa shape index (κ3) is 3.14. The molecule has 0 aliphatic heterocycles. The van der Waals surface area contributed by atoms with Crippen LogP contribution in [0.5, 0.6) is 0 Å². The van der Waals surface area contributed by atoms with Crippen LogP contribution in [0.4, 0.5) is 11.4 Å². The third-order valence-corrected chi connectivity index (χ3v) is 4.70. The zero-order chi connectivity index (χ0) is 15.6. The molecule has 8 nitrogen and oxygen atoms in total. The summed E-state index contributed by atoms with van der Waals surface area (Å²) < 4.78 is 30.4. The Kier molecular flexibility index (Phi) is 4.14. The van der Waals surface area contributed by atoms with Crippen LogP contribution in [-0.2, 0) is 16.6 Å². The molecule has 0 aliphatic rings. The lowest BCUT2D eigenvalue weighted by Crippen LogP contribution is -2.23. The molecular formula is C12H17N5O3S. The van der Waals surface area contributed by atoms with E-state index in [0.717, 1.165) is 4.31 Å². The molecule has 0 radical (unpaired) electrons. The second-order valence-electron chi connectivity index (χ2n) is 4.59. The fourth-order valence-electron chi connectivity index (χ4n) is 1.70. The van der Waals surface area contributed by atoms with Crippen LogP contribution in [0, 0.1) is 6.92 Å². The zero-order valence-electron chi connectivity index (χ0n) is 12.0. The molecule has 0 atom stereocenters. The smallest absolute Gasteiger partial charge is 0.245 e. The Balaban J connectivity index is 2.26. The van der Waals surface area contributed by atoms with Crippen molar-refractivity contribution in [3.05, 3.63) is 29.9 Å². The number of benzene rings is 1. The van der Waals surface area contributed by atoms with E-state index in [-0.39, 0.29) is 17.1 Å². The highest BCUT2D eigenvalue weighted by Crippen LogP contribution is 2.28. The Labute approximate surface area is 123 Å². The zero-order valence-corrected chi connectivity index (χ0v) is 12.8. The average molecular weight is 311 g/mol. The monoisotopic (exact) mass is 311 g/mol. The van der Waals surface area contributed by atoms with Crippen LogP contribution in [0.1, 0.15) is 11.7 Å². The number of sulfonamides is 1. The van der Waals surface area contributed by atoms with Crippen molar-refractivity contribution in [3.8, 4) is 0 Å². The summed E-state index contributed by atoms with van der Waals surface area (Å²) in [7, 11) is -0.683. The van der Waals surface area contributed by atoms with Crippen molar-refractivity contribution in [2.24, 2.45) is 0 Å². The van der Waals surface area contributed by atoms with E-state index < -0.39 is 10.0 Å². The maximum atomic E-state index is 12.2. The quantitative estimate of drug-likeness (QED) is 0.786. The van der Waals surface area contributed by atoms with Gasteiger partial charge in [-0.05, 0) is 19.1 Å². The molecule has 2 aromatic rings. The van der Waals surface area contributed by atoms with Gasteiger partial charge < -0.3 is 15.6 Å². The first kappa shape index (κ1) is 15.3. The van der Waals surface area contributed by atoms with Gasteiger partial charge in [0.2, 0.25) is 15.9 Å². The highest BCUT2D eigenvalue weighted by molar-refractivity contribution is 7.89. The predicted octanol–water partition coefficient (Wildman–Crippen LogP) is 0.823. The highest BCUT2D eigenvalue weighted by Gasteiger charge is 2.21.